The van der Waals surface area contributed by atoms with Crippen LogP contribution in [0.15, 0.2) is 0 Å². The van der Waals surface area contributed by atoms with Gasteiger partial charge in [-0.2, -0.15) is 0 Å². The minimum atomic E-state index is -1.76. The molecule has 14 heavy (non-hydrogen) atoms. The lowest BCUT2D eigenvalue weighted by atomic mass is 10.2. The first kappa shape index (κ1) is 12.6. The van der Waals surface area contributed by atoms with Gasteiger partial charge in [0.2, 0.25) is 0 Å². The number of carbonyl (C=O) groups is 2. The first-order valence-corrected chi connectivity index (χ1v) is 3.89. The van der Waals surface area contributed by atoms with Crippen molar-refractivity contribution >= 4 is 18.9 Å². The lowest BCUT2D eigenvalue weighted by Gasteiger charge is -2.19. The number of alkyl carbamates (subject to hydrolysis) is 1. The highest BCUT2D eigenvalue weighted by molar-refractivity contribution is 5.78. The standard InChI is InChI=1S/C8H13NO5/c1-8(2,3)14-7(12)9-5(10)6(11)13-4/h5,10H,4H2,1-3H3/p+1. The van der Waals surface area contributed by atoms with Gasteiger partial charge < -0.3 is 9.84 Å². The van der Waals surface area contributed by atoms with Gasteiger partial charge in [-0.3, -0.25) is 9.74 Å². The Labute approximate surface area is 81.6 Å². The summed E-state index contributed by atoms with van der Waals surface area (Å²) >= 11 is 0. The molecule has 0 aliphatic carbocycles. The zero-order valence-corrected chi connectivity index (χ0v) is 8.36. The molecule has 0 aromatic heterocycles. The van der Waals surface area contributed by atoms with Gasteiger partial charge in [0.15, 0.2) is 6.79 Å². The molecule has 0 aliphatic rings. The van der Waals surface area contributed by atoms with Gasteiger partial charge in [0.1, 0.15) is 5.60 Å². The molecule has 0 radical (unpaired) electrons. The summed E-state index contributed by atoms with van der Waals surface area (Å²) in [6.45, 7) is 7.74. The average molecular weight is 204 g/mol. The first-order valence-electron chi connectivity index (χ1n) is 3.89. The Morgan fingerprint density at radius 2 is 2.00 bits per heavy atom. The van der Waals surface area contributed by atoms with Gasteiger partial charge in [0.05, 0.1) is 4.79 Å². The van der Waals surface area contributed by atoms with Gasteiger partial charge in [-0.25, -0.2) is 4.79 Å². The van der Waals surface area contributed by atoms with Crippen LogP contribution in [0.5, 0.6) is 0 Å². The van der Waals surface area contributed by atoms with Crippen LogP contribution in [0.3, 0.4) is 0 Å². The van der Waals surface area contributed by atoms with Crippen LogP contribution in [0.1, 0.15) is 20.8 Å². The summed E-state index contributed by atoms with van der Waals surface area (Å²) in [5, 5.41) is 10.8. The van der Waals surface area contributed by atoms with E-state index in [9.17, 15) is 9.59 Å². The number of rotatable bonds is 2. The quantitative estimate of drug-likeness (QED) is 0.478. The van der Waals surface area contributed by atoms with Crippen LogP contribution in [0, 0.1) is 0 Å². The molecule has 1 unspecified atom stereocenters. The van der Waals surface area contributed by atoms with Gasteiger partial charge in [0.25, 0.3) is 6.23 Å². The fraction of sp³-hybridized carbons (Fsp3) is 0.625. The van der Waals surface area contributed by atoms with E-state index in [4.69, 9.17) is 9.84 Å². The number of amides is 1. The van der Waals surface area contributed by atoms with Crippen molar-refractivity contribution in [3.8, 4) is 0 Å². The molecule has 0 spiro atoms. The summed E-state index contributed by atoms with van der Waals surface area (Å²) in [6, 6.07) is 0. The molecule has 0 saturated heterocycles. The third kappa shape index (κ3) is 5.26. The van der Waals surface area contributed by atoms with Crippen molar-refractivity contribution in [2.75, 3.05) is 0 Å². The second kappa shape index (κ2) is 4.71. The predicted octanol–water partition coefficient (Wildman–Crippen LogP) is -0.280. The van der Waals surface area contributed by atoms with Crippen molar-refractivity contribution in [3.05, 3.63) is 0 Å². The van der Waals surface area contributed by atoms with Crippen LogP contribution in [0.2, 0.25) is 0 Å². The molecule has 0 heterocycles. The zero-order valence-electron chi connectivity index (χ0n) is 8.36. The Morgan fingerprint density at radius 3 is 2.36 bits per heavy atom. The van der Waals surface area contributed by atoms with E-state index in [1.165, 1.54) is 0 Å². The number of ether oxygens (including phenoxy) is 1. The van der Waals surface area contributed by atoms with Crippen molar-refractivity contribution in [2.45, 2.75) is 32.6 Å². The molecule has 0 aliphatic heterocycles. The number of carbonyl (C=O) groups excluding carboxylic acids is 3. The third-order valence-electron chi connectivity index (χ3n) is 1.02. The maximum atomic E-state index is 11.0. The third-order valence-corrected chi connectivity index (χ3v) is 1.02. The van der Waals surface area contributed by atoms with Crippen LogP contribution in [-0.4, -0.2) is 35.8 Å². The Bertz CT molecular complexity index is 243. The molecule has 0 rings (SSSR count). The Balaban J connectivity index is 4.07. The van der Waals surface area contributed by atoms with Crippen molar-refractivity contribution in [2.24, 2.45) is 0 Å². The van der Waals surface area contributed by atoms with Crippen molar-refractivity contribution in [1.82, 2.24) is 5.32 Å². The molecule has 1 atom stereocenters. The van der Waals surface area contributed by atoms with Crippen molar-refractivity contribution in [3.63, 3.8) is 0 Å². The van der Waals surface area contributed by atoms with Gasteiger partial charge in [0, 0.05) is 0 Å². The molecule has 80 valence electrons. The molecule has 6 nitrogen and oxygen atoms in total. The van der Waals surface area contributed by atoms with E-state index in [0.717, 1.165) is 0 Å². The van der Waals surface area contributed by atoms with Gasteiger partial charge >= 0.3 is 12.1 Å². The van der Waals surface area contributed by atoms with E-state index in [0.29, 0.717) is 0 Å². The second-order valence-corrected chi connectivity index (χ2v) is 3.51. The van der Waals surface area contributed by atoms with Gasteiger partial charge in [-0.15, -0.1) is 0 Å². The summed E-state index contributed by atoms with van der Waals surface area (Å²) in [4.78, 5) is 21.6. The zero-order chi connectivity index (χ0) is 11.4. The Kier molecular flexibility index (Phi) is 4.23. The van der Waals surface area contributed by atoms with Crippen molar-refractivity contribution in [1.29, 1.82) is 0 Å². The molecule has 0 fully saturated rings. The number of hydrogen-bond donors (Lipinski definition) is 2. The fourth-order valence-corrected chi connectivity index (χ4v) is 0.557. The number of nitrogens with one attached hydrogen (secondary N) is 1. The molecule has 1 amide bonds. The molecule has 0 aromatic carbocycles. The predicted molar refractivity (Wildman–Crippen MR) is 47.5 cm³/mol. The molecule has 0 saturated carbocycles. The minimum Gasteiger partial charge on any atom is -0.444 e. The van der Waals surface area contributed by atoms with Crippen LogP contribution in [0.4, 0.5) is 4.79 Å². The largest absolute Gasteiger partial charge is 0.629 e. The van der Waals surface area contributed by atoms with Crippen LogP contribution >= 0.6 is 0 Å². The average Bonchev–Trinajstić information content (AvgIpc) is 1.99. The topological polar surface area (TPSA) is 86.9 Å². The molecule has 0 bridgehead atoms. The Morgan fingerprint density at radius 1 is 1.50 bits per heavy atom. The highest BCUT2D eigenvalue weighted by atomic mass is 16.6. The maximum Gasteiger partial charge on any atom is 0.629 e. The second-order valence-electron chi connectivity index (χ2n) is 3.51. The molecular weight excluding hydrogens is 190 g/mol. The lowest BCUT2D eigenvalue weighted by molar-refractivity contribution is -0.377. The van der Waals surface area contributed by atoms with Gasteiger partial charge in [-0.05, 0) is 20.8 Å². The molecule has 0 aromatic rings. The number of hydrogen-bond acceptors (Lipinski definition) is 4. The first-order chi connectivity index (χ1) is 6.26. The van der Waals surface area contributed by atoms with Crippen LogP contribution in [0.25, 0.3) is 0 Å². The minimum absolute atomic E-state index is 0.696. The Hall–Kier alpha value is -1.43. The van der Waals surface area contributed by atoms with E-state index in [2.05, 4.69) is 11.2 Å². The van der Waals surface area contributed by atoms with E-state index < -0.39 is 23.9 Å². The lowest BCUT2D eigenvalue weighted by Crippen LogP contribution is -2.43. The highest BCUT2D eigenvalue weighted by Gasteiger charge is 2.29. The highest BCUT2D eigenvalue weighted by Crippen LogP contribution is 2.06. The monoisotopic (exact) mass is 204 g/mol. The summed E-state index contributed by atoms with van der Waals surface area (Å²) in [6.07, 6.45) is -2.67. The molecular formula is C8H14NO5+. The SMILES string of the molecule is C=[O+]C(=O)C(O)NC(=O)OC(C)(C)C. The van der Waals surface area contributed by atoms with E-state index in [1.807, 2.05) is 5.32 Å². The smallest absolute Gasteiger partial charge is 0.444 e. The summed E-state index contributed by atoms with van der Waals surface area (Å²) in [5.41, 5.74) is -0.696. The van der Waals surface area contributed by atoms with E-state index in [1.54, 1.807) is 20.8 Å². The maximum absolute atomic E-state index is 11.0. The van der Waals surface area contributed by atoms with Crippen molar-refractivity contribution < 1.29 is 23.9 Å². The van der Waals surface area contributed by atoms with E-state index in [-0.39, 0.29) is 0 Å². The summed E-state index contributed by atoms with van der Waals surface area (Å²) in [5.74, 6) is -1.06. The number of aliphatic hydroxyl groups is 1. The summed E-state index contributed by atoms with van der Waals surface area (Å²) < 4.78 is 8.70. The molecule has 6 heteroatoms. The van der Waals surface area contributed by atoms with Crippen LogP contribution < -0.4 is 5.32 Å². The van der Waals surface area contributed by atoms with E-state index >= 15 is 0 Å². The van der Waals surface area contributed by atoms with Gasteiger partial charge in [-0.1, -0.05) is 0 Å². The normalized spacial score (nSPS) is 12.9. The van der Waals surface area contributed by atoms with Crippen LogP contribution in [-0.2, 0) is 14.0 Å². The summed E-state index contributed by atoms with van der Waals surface area (Å²) in [7, 11) is 0. The fourth-order valence-electron chi connectivity index (χ4n) is 0.557. The molecule has 2 N–H and O–H groups in total. The number of aliphatic hydroxyl groups excluding tert-OH is 1.